The normalized spacial score (nSPS) is 20.1. The van der Waals surface area contributed by atoms with Crippen LogP contribution in [-0.2, 0) is 28.7 Å². The molecule has 1 amide bonds. The number of allylic oxidation sites excluding steroid dienone is 2. The van der Waals surface area contributed by atoms with Gasteiger partial charge in [0, 0.05) is 37.4 Å². The average Bonchev–Trinajstić information content (AvgIpc) is 3.51. The number of ketones is 1. The highest BCUT2D eigenvalue weighted by Gasteiger charge is 2.43. The molecule has 6 rings (SSSR count). The molecular weight excluding hydrogens is 672 g/mol. The van der Waals surface area contributed by atoms with Crippen molar-refractivity contribution >= 4 is 28.5 Å². The van der Waals surface area contributed by atoms with Crippen LogP contribution in [0.25, 0.3) is 11.1 Å². The number of piperidine rings is 1. The van der Waals surface area contributed by atoms with Crippen molar-refractivity contribution in [3.05, 3.63) is 107 Å². The molecule has 264 valence electrons. The fourth-order valence-electron chi connectivity index (χ4n) is 6.94. The standard InChI is InChI=1S/C38H39F5N4O2S/c1-3-45-19-17-30(18-20-45)46(22-25-7-9-26(10-8-25)27-11-14-29(15-12-27)38(41,42)43)34(49)23-47-31(16-13-28-5-4-6-32(39)35(28)40)21-33(48)36-37(47)44-24(2)50-36/h4-12,14-15,21,30,36-37H,3,13,16-20,22-23H2,1-2H3. The van der Waals surface area contributed by atoms with Crippen LogP contribution < -0.4 is 0 Å². The number of thioether (sulfide) groups is 1. The van der Waals surface area contributed by atoms with Gasteiger partial charge in [-0.2, -0.15) is 13.2 Å². The summed E-state index contributed by atoms with van der Waals surface area (Å²) < 4.78 is 67.7. The number of alkyl halides is 3. The van der Waals surface area contributed by atoms with Gasteiger partial charge in [-0.25, -0.2) is 8.78 Å². The highest BCUT2D eigenvalue weighted by Crippen LogP contribution is 2.37. The summed E-state index contributed by atoms with van der Waals surface area (Å²) in [6.45, 7) is 6.86. The van der Waals surface area contributed by atoms with Gasteiger partial charge in [0.15, 0.2) is 17.4 Å². The Morgan fingerprint density at radius 1 is 0.960 bits per heavy atom. The van der Waals surface area contributed by atoms with Crippen LogP contribution in [0.1, 0.15) is 49.8 Å². The zero-order chi connectivity index (χ0) is 35.6. The Labute approximate surface area is 293 Å². The van der Waals surface area contributed by atoms with E-state index in [2.05, 4.69) is 11.8 Å². The Morgan fingerprint density at radius 2 is 1.62 bits per heavy atom. The van der Waals surface area contributed by atoms with Crippen LogP contribution in [0, 0.1) is 11.6 Å². The molecule has 0 aliphatic carbocycles. The summed E-state index contributed by atoms with van der Waals surface area (Å²) in [5.74, 6) is -2.11. The zero-order valence-electron chi connectivity index (χ0n) is 27.9. The Hall–Kier alpha value is -4.03. The number of fused-ring (bicyclic) bond motifs is 1. The molecule has 3 aromatic rings. The van der Waals surface area contributed by atoms with E-state index in [1.165, 1.54) is 42.1 Å². The van der Waals surface area contributed by atoms with E-state index >= 15 is 0 Å². The third-order valence-corrected chi connectivity index (χ3v) is 10.9. The number of hydrogen-bond acceptors (Lipinski definition) is 6. The SMILES string of the molecule is CCN1CCC(N(Cc2ccc(-c3ccc(C(F)(F)F)cc3)cc2)C(=O)CN2C(CCc3cccc(F)c3F)=CC(=O)C3SC(C)=NC32)CC1. The van der Waals surface area contributed by atoms with Gasteiger partial charge in [0.1, 0.15) is 11.4 Å². The average molecular weight is 711 g/mol. The summed E-state index contributed by atoms with van der Waals surface area (Å²) in [6, 6.07) is 16.5. The molecule has 0 spiro atoms. The van der Waals surface area contributed by atoms with Gasteiger partial charge in [0.05, 0.1) is 17.2 Å². The summed E-state index contributed by atoms with van der Waals surface area (Å²) >= 11 is 1.37. The molecule has 0 aromatic heterocycles. The van der Waals surface area contributed by atoms with Gasteiger partial charge < -0.3 is 14.7 Å². The second kappa shape index (κ2) is 15.1. The van der Waals surface area contributed by atoms with Gasteiger partial charge in [0.2, 0.25) is 5.91 Å². The number of rotatable bonds is 10. The van der Waals surface area contributed by atoms with E-state index in [0.717, 1.165) is 66.8 Å². The minimum Gasteiger partial charge on any atom is -0.342 e. The number of carbonyl (C=O) groups is 2. The predicted molar refractivity (Wildman–Crippen MR) is 185 cm³/mol. The Morgan fingerprint density at radius 3 is 2.26 bits per heavy atom. The van der Waals surface area contributed by atoms with E-state index in [9.17, 15) is 31.5 Å². The van der Waals surface area contributed by atoms with Crippen LogP contribution in [0.15, 0.2) is 83.5 Å². The van der Waals surface area contributed by atoms with Crippen molar-refractivity contribution < 1.29 is 31.5 Å². The minimum atomic E-state index is -4.41. The number of hydrogen-bond donors (Lipinski definition) is 0. The van der Waals surface area contributed by atoms with Crippen LogP contribution in [0.3, 0.4) is 0 Å². The fraction of sp³-hybridized carbons (Fsp3) is 0.395. The van der Waals surface area contributed by atoms with Crippen molar-refractivity contribution in [1.82, 2.24) is 14.7 Å². The van der Waals surface area contributed by atoms with E-state index in [1.54, 1.807) is 0 Å². The molecule has 1 saturated heterocycles. The smallest absolute Gasteiger partial charge is 0.342 e. The lowest BCUT2D eigenvalue weighted by atomic mass is 9.99. The van der Waals surface area contributed by atoms with Crippen molar-refractivity contribution in [3.8, 4) is 11.1 Å². The molecule has 0 bridgehead atoms. The lowest BCUT2D eigenvalue weighted by molar-refractivity contribution is -0.138. The van der Waals surface area contributed by atoms with Gasteiger partial charge in [-0.1, -0.05) is 67.2 Å². The fourth-order valence-corrected chi connectivity index (χ4v) is 7.99. The molecule has 12 heteroatoms. The van der Waals surface area contributed by atoms with E-state index in [0.29, 0.717) is 17.8 Å². The first-order valence-electron chi connectivity index (χ1n) is 16.8. The molecule has 3 aromatic carbocycles. The third kappa shape index (κ3) is 7.96. The van der Waals surface area contributed by atoms with E-state index in [4.69, 9.17) is 4.99 Å². The molecule has 3 aliphatic heterocycles. The van der Waals surface area contributed by atoms with E-state index < -0.39 is 34.8 Å². The molecule has 1 fully saturated rings. The van der Waals surface area contributed by atoms with Crippen molar-refractivity contribution in [2.45, 2.75) is 69.7 Å². The first-order chi connectivity index (χ1) is 23.9. The van der Waals surface area contributed by atoms with Gasteiger partial charge >= 0.3 is 6.18 Å². The summed E-state index contributed by atoms with van der Waals surface area (Å²) in [5, 5.41) is 0.255. The highest BCUT2D eigenvalue weighted by molar-refractivity contribution is 8.15. The Balaban J connectivity index is 1.24. The maximum absolute atomic E-state index is 14.6. The summed E-state index contributed by atoms with van der Waals surface area (Å²) in [5.41, 5.74) is 2.34. The Bertz CT molecular complexity index is 1770. The maximum atomic E-state index is 14.6. The number of aliphatic imine (C=N–C) groups is 1. The number of amides is 1. The molecule has 2 unspecified atom stereocenters. The monoisotopic (exact) mass is 710 g/mol. The summed E-state index contributed by atoms with van der Waals surface area (Å²) in [6.07, 6.45) is -1.51. The first-order valence-corrected chi connectivity index (χ1v) is 17.7. The molecule has 3 heterocycles. The quantitative estimate of drug-likeness (QED) is 0.202. The number of carbonyl (C=O) groups excluding carboxylic acids is 2. The molecule has 6 nitrogen and oxygen atoms in total. The molecule has 50 heavy (non-hydrogen) atoms. The minimum absolute atomic E-state index is 0.0286. The molecular formula is C38H39F5N4O2S. The summed E-state index contributed by atoms with van der Waals surface area (Å²) in [7, 11) is 0. The van der Waals surface area contributed by atoms with Crippen molar-refractivity contribution in [2.75, 3.05) is 26.2 Å². The first kappa shape index (κ1) is 35.8. The van der Waals surface area contributed by atoms with Crippen molar-refractivity contribution in [2.24, 2.45) is 4.99 Å². The number of halogens is 5. The predicted octanol–water partition coefficient (Wildman–Crippen LogP) is 7.72. The van der Waals surface area contributed by atoms with Crippen molar-refractivity contribution in [1.29, 1.82) is 0 Å². The lowest BCUT2D eigenvalue weighted by Crippen LogP contribution is -2.53. The van der Waals surface area contributed by atoms with Crippen LogP contribution in [-0.4, -0.2) is 75.1 Å². The van der Waals surface area contributed by atoms with Gasteiger partial charge in [-0.3, -0.25) is 14.6 Å². The largest absolute Gasteiger partial charge is 0.416 e. The van der Waals surface area contributed by atoms with Crippen LogP contribution in [0.4, 0.5) is 22.0 Å². The number of benzene rings is 3. The number of aryl methyl sites for hydroxylation is 1. The molecule has 0 radical (unpaired) electrons. The van der Waals surface area contributed by atoms with Gasteiger partial charge in [-0.05, 0) is 79.6 Å². The molecule has 3 aliphatic rings. The third-order valence-electron chi connectivity index (χ3n) is 9.77. The van der Waals surface area contributed by atoms with Crippen LogP contribution in [0.2, 0.25) is 0 Å². The molecule has 2 atom stereocenters. The van der Waals surface area contributed by atoms with Crippen LogP contribution in [0.5, 0.6) is 0 Å². The van der Waals surface area contributed by atoms with Gasteiger partial charge in [0.25, 0.3) is 0 Å². The maximum Gasteiger partial charge on any atom is 0.416 e. The van der Waals surface area contributed by atoms with E-state index in [-0.39, 0.29) is 42.7 Å². The van der Waals surface area contributed by atoms with Crippen molar-refractivity contribution in [3.63, 3.8) is 0 Å². The number of nitrogens with zero attached hydrogens (tertiary/aromatic N) is 4. The van der Waals surface area contributed by atoms with Gasteiger partial charge in [-0.15, -0.1) is 0 Å². The highest BCUT2D eigenvalue weighted by atomic mass is 32.2. The second-order valence-electron chi connectivity index (χ2n) is 12.9. The Kier molecular flexibility index (Phi) is 10.8. The van der Waals surface area contributed by atoms with Crippen LogP contribution >= 0.6 is 11.8 Å². The topological polar surface area (TPSA) is 56.2 Å². The number of likely N-dealkylation sites (tertiary alicyclic amines) is 1. The molecule has 0 N–H and O–H groups in total. The lowest BCUT2D eigenvalue weighted by Gasteiger charge is -2.41. The molecule has 0 saturated carbocycles. The summed E-state index contributed by atoms with van der Waals surface area (Å²) in [4.78, 5) is 38.5. The second-order valence-corrected chi connectivity index (χ2v) is 14.3. The van der Waals surface area contributed by atoms with E-state index in [1.807, 2.05) is 41.0 Å². The zero-order valence-corrected chi connectivity index (χ0v) is 28.7.